The van der Waals surface area contributed by atoms with E-state index >= 15 is 0 Å². The normalized spacial score (nSPS) is 30.6. The molecule has 6 heteroatoms. The largest absolute Gasteiger partial charge is 0.497 e. The molecule has 6 nitrogen and oxygen atoms in total. The summed E-state index contributed by atoms with van der Waals surface area (Å²) in [5.74, 6) is 2.80. The van der Waals surface area contributed by atoms with E-state index in [0.29, 0.717) is 11.5 Å². The van der Waals surface area contributed by atoms with Crippen molar-refractivity contribution >= 4 is 11.9 Å². The van der Waals surface area contributed by atoms with E-state index in [-0.39, 0.29) is 24.7 Å². The molecule has 1 amide bonds. The molecule has 0 unspecified atom stereocenters. The van der Waals surface area contributed by atoms with Crippen LogP contribution in [0.5, 0.6) is 11.5 Å². The molecule has 0 aliphatic heterocycles. The van der Waals surface area contributed by atoms with E-state index < -0.39 is 5.97 Å². The minimum Gasteiger partial charge on any atom is -0.497 e. The molecule has 4 aliphatic rings. The van der Waals surface area contributed by atoms with E-state index in [1.807, 2.05) is 0 Å². The monoisotopic (exact) mass is 373 g/mol. The Bertz CT molecular complexity index is 664. The summed E-state index contributed by atoms with van der Waals surface area (Å²) in [6, 6.07) is 6.93. The van der Waals surface area contributed by atoms with Crippen LogP contribution in [0.4, 0.5) is 0 Å². The quantitative estimate of drug-likeness (QED) is 0.744. The molecule has 0 radical (unpaired) electrons. The first-order valence-electron chi connectivity index (χ1n) is 9.77. The van der Waals surface area contributed by atoms with Crippen molar-refractivity contribution in [3.05, 3.63) is 24.3 Å². The summed E-state index contributed by atoms with van der Waals surface area (Å²) in [5, 5.41) is 3.20. The van der Waals surface area contributed by atoms with Crippen LogP contribution in [-0.2, 0) is 14.3 Å². The number of benzene rings is 1. The van der Waals surface area contributed by atoms with E-state index in [0.717, 1.165) is 37.0 Å². The van der Waals surface area contributed by atoms with Crippen LogP contribution in [0.15, 0.2) is 24.3 Å². The third-order valence-corrected chi connectivity index (χ3v) is 6.22. The minimum atomic E-state index is -0.550. The van der Waals surface area contributed by atoms with Gasteiger partial charge in [0.2, 0.25) is 0 Å². The van der Waals surface area contributed by atoms with Gasteiger partial charge in [-0.1, -0.05) is 0 Å². The van der Waals surface area contributed by atoms with Gasteiger partial charge < -0.3 is 19.5 Å². The lowest BCUT2D eigenvalue weighted by Gasteiger charge is -2.56. The van der Waals surface area contributed by atoms with Crippen LogP contribution < -0.4 is 14.8 Å². The van der Waals surface area contributed by atoms with Gasteiger partial charge in [0.25, 0.3) is 5.91 Å². The van der Waals surface area contributed by atoms with Gasteiger partial charge >= 0.3 is 5.97 Å². The summed E-state index contributed by atoms with van der Waals surface area (Å²) in [6.07, 6.45) is 7.23. The van der Waals surface area contributed by atoms with Gasteiger partial charge in [-0.2, -0.15) is 0 Å². The highest BCUT2D eigenvalue weighted by Crippen LogP contribution is 2.55. The Morgan fingerprint density at radius 3 is 2.07 bits per heavy atom. The van der Waals surface area contributed by atoms with Crippen molar-refractivity contribution < 1.29 is 23.8 Å². The summed E-state index contributed by atoms with van der Waals surface area (Å²) in [6.45, 7) is -0.469. The van der Waals surface area contributed by atoms with Gasteiger partial charge in [-0.05, 0) is 80.5 Å². The van der Waals surface area contributed by atoms with Crippen molar-refractivity contribution in [1.82, 2.24) is 5.32 Å². The summed E-state index contributed by atoms with van der Waals surface area (Å²) in [5.41, 5.74) is -0.0577. The second-order valence-electron chi connectivity index (χ2n) is 8.37. The standard InChI is InChI=1S/C21H27NO5/c1-25-17-2-4-18(5-3-17)26-13-20(24)27-12-19(23)22-21-9-14-6-15(10-21)8-16(7-14)11-21/h2-5,14-16H,6-13H2,1H3,(H,22,23). The average molecular weight is 373 g/mol. The third kappa shape index (κ3) is 4.20. The molecule has 4 aliphatic carbocycles. The number of hydrogen-bond acceptors (Lipinski definition) is 5. The molecular weight excluding hydrogens is 346 g/mol. The molecule has 4 bridgehead atoms. The summed E-state index contributed by atoms with van der Waals surface area (Å²) < 4.78 is 15.5. The molecule has 5 rings (SSSR count). The van der Waals surface area contributed by atoms with Crippen LogP contribution >= 0.6 is 0 Å². The van der Waals surface area contributed by atoms with Crippen LogP contribution in [0.25, 0.3) is 0 Å². The average Bonchev–Trinajstić information content (AvgIpc) is 2.63. The van der Waals surface area contributed by atoms with Gasteiger partial charge in [-0.25, -0.2) is 4.79 Å². The Hall–Kier alpha value is -2.24. The topological polar surface area (TPSA) is 73.9 Å². The van der Waals surface area contributed by atoms with E-state index in [1.54, 1.807) is 31.4 Å². The van der Waals surface area contributed by atoms with Crippen molar-refractivity contribution in [3.63, 3.8) is 0 Å². The second-order valence-corrected chi connectivity index (χ2v) is 8.37. The number of amides is 1. The number of carbonyl (C=O) groups excluding carboxylic acids is 2. The molecule has 27 heavy (non-hydrogen) atoms. The van der Waals surface area contributed by atoms with Crippen molar-refractivity contribution in [2.75, 3.05) is 20.3 Å². The molecule has 1 aromatic carbocycles. The lowest BCUT2D eigenvalue weighted by Crippen LogP contribution is -2.60. The van der Waals surface area contributed by atoms with E-state index in [2.05, 4.69) is 5.32 Å². The Balaban J connectivity index is 1.20. The SMILES string of the molecule is COc1ccc(OCC(=O)OCC(=O)NC23CC4CC(CC(C4)C2)C3)cc1. The molecular formula is C21H27NO5. The van der Waals surface area contributed by atoms with E-state index in [4.69, 9.17) is 14.2 Å². The molecule has 4 saturated carbocycles. The second kappa shape index (κ2) is 7.41. The van der Waals surface area contributed by atoms with Crippen molar-refractivity contribution in [2.24, 2.45) is 17.8 Å². The van der Waals surface area contributed by atoms with Crippen LogP contribution in [0.1, 0.15) is 38.5 Å². The molecule has 0 atom stereocenters. The first kappa shape index (κ1) is 18.1. The highest BCUT2D eigenvalue weighted by molar-refractivity contribution is 5.81. The summed E-state index contributed by atoms with van der Waals surface area (Å²) in [7, 11) is 1.59. The molecule has 4 fully saturated rings. The smallest absolute Gasteiger partial charge is 0.344 e. The molecule has 1 aromatic rings. The first-order chi connectivity index (χ1) is 13.0. The van der Waals surface area contributed by atoms with Gasteiger partial charge in [0.1, 0.15) is 11.5 Å². The fourth-order valence-electron chi connectivity index (χ4n) is 5.60. The maximum absolute atomic E-state index is 12.3. The number of methoxy groups -OCH3 is 1. The predicted octanol–water partition coefficient (Wildman–Crippen LogP) is 2.70. The Morgan fingerprint density at radius 2 is 1.52 bits per heavy atom. The zero-order valence-corrected chi connectivity index (χ0v) is 15.7. The highest BCUT2D eigenvalue weighted by atomic mass is 16.6. The van der Waals surface area contributed by atoms with Gasteiger partial charge in [0, 0.05) is 5.54 Å². The Labute approximate surface area is 159 Å². The zero-order chi connectivity index (χ0) is 18.9. The van der Waals surface area contributed by atoms with Gasteiger partial charge in [-0.3, -0.25) is 4.79 Å². The number of hydrogen-bond donors (Lipinski definition) is 1. The minimum absolute atomic E-state index is 0.0577. The zero-order valence-electron chi connectivity index (χ0n) is 15.7. The van der Waals surface area contributed by atoms with Crippen LogP contribution in [0.2, 0.25) is 0 Å². The van der Waals surface area contributed by atoms with Crippen molar-refractivity contribution in [2.45, 2.75) is 44.1 Å². The van der Waals surface area contributed by atoms with Gasteiger partial charge in [-0.15, -0.1) is 0 Å². The molecule has 0 saturated heterocycles. The van der Waals surface area contributed by atoms with E-state index in [1.165, 1.54) is 19.3 Å². The molecule has 0 heterocycles. The number of nitrogens with one attached hydrogen (secondary N) is 1. The van der Waals surface area contributed by atoms with Gasteiger partial charge in [0.15, 0.2) is 13.2 Å². The number of esters is 1. The van der Waals surface area contributed by atoms with Crippen molar-refractivity contribution in [1.29, 1.82) is 0 Å². The summed E-state index contributed by atoms with van der Waals surface area (Å²) >= 11 is 0. The van der Waals surface area contributed by atoms with E-state index in [9.17, 15) is 9.59 Å². The lowest BCUT2D eigenvalue weighted by atomic mass is 9.53. The molecule has 146 valence electrons. The molecule has 0 aromatic heterocycles. The van der Waals surface area contributed by atoms with Crippen LogP contribution in [-0.4, -0.2) is 37.7 Å². The Kier molecular flexibility index (Phi) is 4.98. The van der Waals surface area contributed by atoms with Gasteiger partial charge in [0.05, 0.1) is 7.11 Å². The maximum Gasteiger partial charge on any atom is 0.344 e. The van der Waals surface area contributed by atoms with Crippen LogP contribution in [0, 0.1) is 17.8 Å². The highest BCUT2D eigenvalue weighted by Gasteiger charge is 2.51. The number of rotatable bonds is 7. The summed E-state index contributed by atoms with van der Waals surface area (Å²) in [4.78, 5) is 24.2. The fraction of sp³-hybridized carbons (Fsp3) is 0.619. The number of carbonyl (C=O) groups is 2. The Morgan fingerprint density at radius 1 is 0.963 bits per heavy atom. The van der Waals surface area contributed by atoms with Crippen LogP contribution in [0.3, 0.4) is 0 Å². The molecule has 1 N–H and O–H groups in total. The molecule has 0 spiro atoms. The third-order valence-electron chi connectivity index (χ3n) is 6.22. The number of ether oxygens (including phenoxy) is 3. The fourth-order valence-corrected chi connectivity index (χ4v) is 5.60. The van der Waals surface area contributed by atoms with Crippen molar-refractivity contribution in [3.8, 4) is 11.5 Å². The maximum atomic E-state index is 12.3. The predicted molar refractivity (Wildman–Crippen MR) is 98.5 cm³/mol. The lowest BCUT2D eigenvalue weighted by molar-refractivity contribution is -0.151. The first-order valence-corrected chi connectivity index (χ1v) is 9.77.